The monoisotopic (exact) mass is 348 g/mol. The molecule has 2 rings (SSSR count). The molecule has 0 aliphatic rings. The van der Waals surface area contributed by atoms with Crippen molar-refractivity contribution in [1.29, 1.82) is 0 Å². The highest BCUT2D eigenvalue weighted by atomic mass is 35.5. The Balaban J connectivity index is 1.98. The topological polar surface area (TPSA) is 69.0 Å². The third-order valence-corrected chi connectivity index (χ3v) is 3.41. The van der Waals surface area contributed by atoms with Crippen molar-refractivity contribution in [2.45, 2.75) is 6.92 Å². The van der Waals surface area contributed by atoms with Gasteiger partial charge in [-0.1, -0.05) is 34.8 Å². The molecular weight excluding hydrogens is 339 g/mol. The first-order valence-corrected chi connectivity index (χ1v) is 6.95. The summed E-state index contributed by atoms with van der Waals surface area (Å²) < 4.78 is 6.78. The third-order valence-electron chi connectivity index (χ3n) is 2.46. The zero-order valence-electron chi connectivity index (χ0n) is 11.2. The average Bonchev–Trinajstić information content (AvgIpc) is 2.70. The Morgan fingerprint density at radius 1 is 1.33 bits per heavy atom. The van der Waals surface area contributed by atoms with Gasteiger partial charge in [0.2, 0.25) is 5.88 Å². The fraction of sp³-hybridized carbons (Fsp3) is 0.250. The van der Waals surface area contributed by atoms with Crippen LogP contribution in [0.4, 0.5) is 5.82 Å². The SMILES string of the molecule is Cc1cc(NC(=O)COc2nc(Cl)c(Cl)cc2Cl)n(C)n1. The largest absolute Gasteiger partial charge is 0.466 e. The lowest BCUT2D eigenvalue weighted by molar-refractivity contribution is -0.118. The Kier molecular flexibility index (Phi) is 4.92. The smallest absolute Gasteiger partial charge is 0.263 e. The zero-order chi connectivity index (χ0) is 15.6. The lowest BCUT2D eigenvalue weighted by Gasteiger charge is -2.08. The van der Waals surface area contributed by atoms with Crippen molar-refractivity contribution in [3.05, 3.63) is 33.0 Å². The number of halogens is 3. The van der Waals surface area contributed by atoms with Gasteiger partial charge in [-0.15, -0.1) is 0 Å². The van der Waals surface area contributed by atoms with Gasteiger partial charge in [-0.3, -0.25) is 9.48 Å². The molecule has 2 aromatic heterocycles. The maximum absolute atomic E-state index is 11.8. The highest BCUT2D eigenvalue weighted by Crippen LogP contribution is 2.30. The van der Waals surface area contributed by atoms with Gasteiger partial charge in [-0.25, -0.2) is 0 Å². The first-order chi connectivity index (χ1) is 9.86. The van der Waals surface area contributed by atoms with E-state index in [9.17, 15) is 4.79 Å². The Morgan fingerprint density at radius 3 is 2.67 bits per heavy atom. The average molecular weight is 350 g/mol. The van der Waals surface area contributed by atoms with Crippen molar-refractivity contribution >= 4 is 46.5 Å². The summed E-state index contributed by atoms with van der Waals surface area (Å²) in [6.45, 7) is 1.56. The van der Waals surface area contributed by atoms with Crippen LogP contribution in [-0.2, 0) is 11.8 Å². The number of hydrogen-bond donors (Lipinski definition) is 1. The molecule has 0 saturated carbocycles. The standard InChI is InChI=1S/C12H11Cl3N4O2/c1-6-3-9(19(2)18-6)16-10(20)5-21-12-8(14)4-7(13)11(15)17-12/h3-4H,5H2,1-2H3,(H,16,20). The third kappa shape index (κ3) is 4.00. The molecule has 21 heavy (non-hydrogen) atoms. The fourth-order valence-electron chi connectivity index (χ4n) is 1.57. The lowest BCUT2D eigenvalue weighted by Crippen LogP contribution is -2.22. The van der Waals surface area contributed by atoms with Crippen LogP contribution >= 0.6 is 34.8 Å². The normalized spacial score (nSPS) is 10.5. The Labute approximate surface area is 136 Å². The number of anilines is 1. The van der Waals surface area contributed by atoms with E-state index in [1.54, 1.807) is 17.8 Å². The lowest BCUT2D eigenvalue weighted by atomic mass is 10.4. The molecule has 2 aromatic rings. The summed E-state index contributed by atoms with van der Waals surface area (Å²) in [7, 11) is 1.72. The van der Waals surface area contributed by atoms with Gasteiger partial charge in [0.25, 0.3) is 5.91 Å². The molecule has 0 aliphatic heterocycles. The maximum Gasteiger partial charge on any atom is 0.263 e. The highest BCUT2D eigenvalue weighted by Gasteiger charge is 2.12. The van der Waals surface area contributed by atoms with Crippen LogP contribution in [-0.4, -0.2) is 27.3 Å². The number of nitrogens with zero attached hydrogens (tertiary/aromatic N) is 3. The minimum absolute atomic E-state index is 0.0439. The quantitative estimate of drug-likeness (QED) is 0.861. The molecule has 0 unspecified atom stereocenters. The van der Waals surface area contributed by atoms with E-state index in [4.69, 9.17) is 39.5 Å². The molecule has 0 radical (unpaired) electrons. The molecule has 0 atom stereocenters. The molecular formula is C12H11Cl3N4O2. The van der Waals surface area contributed by atoms with Gasteiger partial charge in [0.1, 0.15) is 10.8 Å². The minimum Gasteiger partial charge on any atom is -0.466 e. The van der Waals surface area contributed by atoms with Crippen LogP contribution in [0.15, 0.2) is 12.1 Å². The molecule has 0 aliphatic carbocycles. The Bertz CT molecular complexity index is 687. The second kappa shape index (κ2) is 6.51. The molecule has 9 heteroatoms. The predicted molar refractivity (Wildman–Crippen MR) is 81.3 cm³/mol. The summed E-state index contributed by atoms with van der Waals surface area (Å²) in [6, 6.07) is 3.14. The molecule has 6 nitrogen and oxygen atoms in total. The van der Waals surface area contributed by atoms with Crippen molar-refractivity contribution in [3.63, 3.8) is 0 Å². The number of nitrogens with one attached hydrogen (secondary N) is 1. The van der Waals surface area contributed by atoms with E-state index in [0.29, 0.717) is 5.82 Å². The first-order valence-electron chi connectivity index (χ1n) is 5.81. The van der Waals surface area contributed by atoms with E-state index in [1.165, 1.54) is 6.07 Å². The molecule has 1 N–H and O–H groups in total. The van der Waals surface area contributed by atoms with Crippen LogP contribution in [0, 0.1) is 6.92 Å². The number of aromatic nitrogens is 3. The van der Waals surface area contributed by atoms with E-state index < -0.39 is 0 Å². The van der Waals surface area contributed by atoms with Crippen LogP contribution in [0.1, 0.15) is 5.69 Å². The summed E-state index contributed by atoms with van der Waals surface area (Å²) in [4.78, 5) is 15.7. The number of rotatable bonds is 4. The number of ether oxygens (including phenoxy) is 1. The van der Waals surface area contributed by atoms with Gasteiger partial charge in [0.05, 0.1) is 10.7 Å². The van der Waals surface area contributed by atoms with Crippen molar-refractivity contribution < 1.29 is 9.53 Å². The summed E-state index contributed by atoms with van der Waals surface area (Å²) in [5.41, 5.74) is 0.794. The summed E-state index contributed by atoms with van der Waals surface area (Å²) >= 11 is 17.4. The molecule has 0 spiro atoms. The van der Waals surface area contributed by atoms with E-state index >= 15 is 0 Å². The number of amides is 1. The molecule has 1 amide bonds. The highest BCUT2D eigenvalue weighted by molar-refractivity contribution is 6.42. The molecule has 0 aromatic carbocycles. The number of aryl methyl sites for hydroxylation is 2. The molecule has 0 bridgehead atoms. The number of carbonyl (C=O) groups is 1. The Morgan fingerprint density at radius 2 is 2.05 bits per heavy atom. The van der Waals surface area contributed by atoms with Crippen LogP contribution in [0.25, 0.3) is 0 Å². The van der Waals surface area contributed by atoms with Crippen LogP contribution in [0.3, 0.4) is 0 Å². The van der Waals surface area contributed by atoms with Crippen LogP contribution < -0.4 is 10.1 Å². The Hall–Kier alpha value is -1.50. The fourth-order valence-corrected chi connectivity index (χ4v) is 2.11. The van der Waals surface area contributed by atoms with Crippen molar-refractivity contribution in [3.8, 4) is 5.88 Å². The number of pyridine rings is 1. The van der Waals surface area contributed by atoms with E-state index in [2.05, 4.69) is 15.4 Å². The molecule has 0 fully saturated rings. The van der Waals surface area contributed by atoms with Crippen molar-refractivity contribution in [1.82, 2.24) is 14.8 Å². The molecule has 0 saturated heterocycles. The van der Waals surface area contributed by atoms with Crippen molar-refractivity contribution in [2.24, 2.45) is 7.05 Å². The second-order valence-corrected chi connectivity index (χ2v) is 5.35. The first kappa shape index (κ1) is 15.9. The summed E-state index contributed by atoms with van der Waals surface area (Å²) in [6.07, 6.45) is 0. The van der Waals surface area contributed by atoms with E-state index in [-0.39, 0.29) is 33.6 Å². The number of hydrogen-bond acceptors (Lipinski definition) is 4. The molecule has 112 valence electrons. The van der Waals surface area contributed by atoms with Crippen LogP contribution in [0.2, 0.25) is 15.2 Å². The van der Waals surface area contributed by atoms with Crippen LogP contribution in [0.5, 0.6) is 5.88 Å². The van der Waals surface area contributed by atoms with Gasteiger partial charge in [-0.2, -0.15) is 10.1 Å². The predicted octanol–water partition coefficient (Wildman–Crippen LogP) is 3.10. The molecule has 2 heterocycles. The van der Waals surface area contributed by atoms with E-state index in [1.807, 2.05) is 6.92 Å². The van der Waals surface area contributed by atoms with Crippen molar-refractivity contribution in [2.75, 3.05) is 11.9 Å². The second-order valence-electron chi connectivity index (χ2n) is 4.18. The van der Waals surface area contributed by atoms with Gasteiger partial charge in [0, 0.05) is 13.1 Å². The van der Waals surface area contributed by atoms with Gasteiger partial charge in [-0.05, 0) is 13.0 Å². The number of carbonyl (C=O) groups excluding carboxylic acids is 1. The van der Waals surface area contributed by atoms with E-state index in [0.717, 1.165) is 5.69 Å². The zero-order valence-corrected chi connectivity index (χ0v) is 13.4. The minimum atomic E-state index is -0.373. The van der Waals surface area contributed by atoms with Gasteiger partial charge < -0.3 is 10.1 Å². The van der Waals surface area contributed by atoms with Gasteiger partial charge >= 0.3 is 0 Å². The summed E-state index contributed by atoms with van der Waals surface area (Å²) in [5.74, 6) is 0.235. The maximum atomic E-state index is 11.8. The summed E-state index contributed by atoms with van der Waals surface area (Å²) in [5, 5.41) is 7.21. The van der Waals surface area contributed by atoms with Gasteiger partial charge in [0.15, 0.2) is 11.8 Å².